The third-order valence-corrected chi connectivity index (χ3v) is 2.14. The maximum atomic E-state index is 5.30. The molecule has 1 aliphatic rings. The Morgan fingerprint density at radius 3 is 2.10 bits per heavy atom. The van der Waals surface area contributed by atoms with Crippen LogP contribution in [0.25, 0.3) is 0 Å². The van der Waals surface area contributed by atoms with Crippen molar-refractivity contribution < 1.29 is 4.74 Å². The summed E-state index contributed by atoms with van der Waals surface area (Å²) in [5, 5.41) is 0. The molecule has 0 saturated heterocycles. The summed E-state index contributed by atoms with van der Waals surface area (Å²) in [5.41, 5.74) is 5.28. The molecule has 1 aromatic rings. The quantitative estimate of drug-likeness (QED) is 0.578. The highest BCUT2D eigenvalue weighted by molar-refractivity contribution is 5.36. The zero-order valence-electron chi connectivity index (χ0n) is 6.32. The lowest BCUT2D eigenvalue weighted by Gasteiger charge is -1.91. The van der Waals surface area contributed by atoms with E-state index in [1.54, 1.807) is 0 Å². The Bertz CT molecular complexity index is 238. The van der Waals surface area contributed by atoms with Crippen LogP contribution in [-0.2, 0) is 18.0 Å². The Morgan fingerprint density at radius 1 is 1.10 bits per heavy atom. The molecule has 0 atom stereocenters. The van der Waals surface area contributed by atoms with Gasteiger partial charge in [-0.1, -0.05) is 0 Å². The van der Waals surface area contributed by atoms with Gasteiger partial charge >= 0.3 is 0 Å². The molecule has 1 N–H and O–H groups in total. The van der Waals surface area contributed by atoms with Gasteiger partial charge in [0.05, 0.1) is 13.2 Å². The van der Waals surface area contributed by atoms with Gasteiger partial charge in [-0.3, -0.25) is 0 Å². The van der Waals surface area contributed by atoms with Gasteiger partial charge in [0, 0.05) is 22.5 Å². The van der Waals surface area contributed by atoms with Crippen molar-refractivity contribution in [2.24, 2.45) is 0 Å². The van der Waals surface area contributed by atoms with Crippen LogP contribution in [0.5, 0.6) is 0 Å². The minimum Gasteiger partial charge on any atom is -0.372 e. The van der Waals surface area contributed by atoms with Gasteiger partial charge < -0.3 is 9.72 Å². The molecule has 0 aliphatic carbocycles. The summed E-state index contributed by atoms with van der Waals surface area (Å²) in [7, 11) is 0. The first kappa shape index (κ1) is 5.98. The van der Waals surface area contributed by atoms with Gasteiger partial charge in [0.2, 0.25) is 0 Å². The van der Waals surface area contributed by atoms with Gasteiger partial charge in [-0.15, -0.1) is 0 Å². The van der Waals surface area contributed by atoms with Crippen molar-refractivity contribution in [3.8, 4) is 0 Å². The van der Waals surface area contributed by atoms with Crippen LogP contribution in [-0.4, -0.2) is 4.98 Å². The summed E-state index contributed by atoms with van der Waals surface area (Å²) in [6, 6.07) is 0. The van der Waals surface area contributed by atoms with Gasteiger partial charge in [-0.2, -0.15) is 0 Å². The summed E-state index contributed by atoms with van der Waals surface area (Å²) in [6.07, 6.45) is 0. The maximum absolute atomic E-state index is 5.30. The van der Waals surface area contributed by atoms with Crippen LogP contribution in [0.2, 0.25) is 0 Å². The molecule has 0 amide bonds. The van der Waals surface area contributed by atoms with Crippen LogP contribution in [0, 0.1) is 13.8 Å². The number of aromatic nitrogens is 1. The molecule has 0 bridgehead atoms. The fourth-order valence-electron chi connectivity index (χ4n) is 1.53. The number of nitrogens with one attached hydrogen (secondary N) is 1. The second kappa shape index (κ2) is 1.86. The molecule has 54 valence electrons. The number of ether oxygens (including phenoxy) is 1. The van der Waals surface area contributed by atoms with Gasteiger partial charge in [-0.05, 0) is 13.8 Å². The molecule has 1 aliphatic heterocycles. The minimum atomic E-state index is 0.797. The number of hydrogen-bond acceptors (Lipinski definition) is 1. The molecule has 2 rings (SSSR count). The van der Waals surface area contributed by atoms with Crippen LogP contribution < -0.4 is 0 Å². The van der Waals surface area contributed by atoms with Gasteiger partial charge in [0.15, 0.2) is 0 Å². The van der Waals surface area contributed by atoms with E-state index in [-0.39, 0.29) is 0 Å². The van der Waals surface area contributed by atoms with E-state index in [0.717, 1.165) is 13.2 Å². The molecule has 0 radical (unpaired) electrons. The van der Waals surface area contributed by atoms with E-state index >= 15 is 0 Å². The fourth-order valence-corrected chi connectivity index (χ4v) is 1.53. The largest absolute Gasteiger partial charge is 0.372 e. The van der Waals surface area contributed by atoms with Crippen LogP contribution >= 0.6 is 0 Å². The average molecular weight is 137 g/mol. The number of hydrogen-bond donors (Lipinski definition) is 1. The van der Waals surface area contributed by atoms with E-state index in [1.807, 2.05) is 0 Å². The number of aryl methyl sites for hydroxylation is 2. The van der Waals surface area contributed by atoms with Crippen molar-refractivity contribution in [1.82, 2.24) is 4.98 Å². The topological polar surface area (TPSA) is 25.0 Å². The predicted molar refractivity (Wildman–Crippen MR) is 38.8 cm³/mol. The van der Waals surface area contributed by atoms with Crippen molar-refractivity contribution in [3.05, 3.63) is 22.5 Å². The Morgan fingerprint density at radius 2 is 1.60 bits per heavy atom. The molecule has 0 unspecified atom stereocenters. The van der Waals surface area contributed by atoms with E-state index in [9.17, 15) is 0 Å². The molecule has 10 heavy (non-hydrogen) atoms. The zero-order chi connectivity index (χ0) is 7.14. The molecular weight excluding hydrogens is 126 g/mol. The molecule has 2 heteroatoms. The molecule has 0 aromatic carbocycles. The Balaban J connectivity index is 2.61. The van der Waals surface area contributed by atoms with Gasteiger partial charge in [0.1, 0.15) is 0 Å². The first-order valence-corrected chi connectivity index (χ1v) is 3.53. The molecule has 0 fully saturated rings. The first-order chi connectivity index (χ1) is 4.79. The number of rotatable bonds is 0. The summed E-state index contributed by atoms with van der Waals surface area (Å²) in [6.45, 7) is 5.79. The number of fused-ring (bicyclic) bond motifs is 1. The predicted octanol–water partition coefficient (Wildman–Crippen LogP) is 1.66. The summed E-state index contributed by atoms with van der Waals surface area (Å²) in [4.78, 5) is 3.30. The standard InChI is InChI=1S/C8H11NO/c1-5-7-3-10-4-8(7)6(2)9-5/h9H,3-4H2,1-2H3. The van der Waals surface area contributed by atoms with Gasteiger partial charge in [0.25, 0.3) is 0 Å². The molecule has 2 heterocycles. The third kappa shape index (κ3) is 0.625. The van der Waals surface area contributed by atoms with E-state index in [4.69, 9.17) is 4.74 Å². The molecule has 0 spiro atoms. The minimum absolute atomic E-state index is 0.797. The lowest BCUT2D eigenvalue weighted by molar-refractivity contribution is 0.133. The van der Waals surface area contributed by atoms with E-state index in [1.165, 1.54) is 22.5 Å². The third-order valence-electron chi connectivity index (χ3n) is 2.14. The van der Waals surface area contributed by atoms with E-state index in [2.05, 4.69) is 18.8 Å². The van der Waals surface area contributed by atoms with Crippen LogP contribution in [0.1, 0.15) is 22.5 Å². The lowest BCUT2D eigenvalue weighted by Crippen LogP contribution is -1.83. The van der Waals surface area contributed by atoms with Crippen molar-refractivity contribution in [2.75, 3.05) is 0 Å². The molecular formula is C8H11NO. The van der Waals surface area contributed by atoms with E-state index < -0.39 is 0 Å². The zero-order valence-corrected chi connectivity index (χ0v) is 6.32. The van der Waals surface area contributed by atoms with Crippen molar-refractivity contribution in [1.29, 1.82) is 0 Å². The second-order valence-corrected chi connectivity index (χ2v) is 2.82. The first-order valence-electron chi connectivity index (χ1n) is 3.53. The second-order valence-electron chi connectivity index (χ2n) is 2.82. The Kier molecular flexibility index (Phi) is 1.11. The highest BCUT2D eigenvalue weighted by Crippen LogP contribution is 2.25. The fraction of sp³-hybridized carbons (Fsp3) is 0.500. The van der Waals surface area contributed by atoms with Crippen molar-refractivity contribution in [3.63, 3.8) is 0 Å². The van der Waals surface area contributed by atoms with Crippen molar-refractivity contribution >= 4 is 0 Å². The maximum Gasteiger partial charge on any atom is 0.0742 e. The monoisotopic (exact) mass is 137 g/mol. The molecule has 0 saturated carbocycles. The summed E-state index contributed by atoms with van der Waals surface area (Å²) >= 11 is 0. The highest BCUT2D eigenvalue weighted by Gasteiger charge is 2.17. The van der Waals surface area contributed by atoms with Gasteiger partial charge in [-0.25, -0.2) is 0 Å². The van der Waals surface area contributed by atoms with Crippen LogP contribution in [0.3, 0.4) is 0 Å². The summed E-state index contributed by atoms with van der Waals surface area (Å²) in [5.74, 6) is 0. The smallest absolute Gasteiger partial charge is 0.0742 e. The highest BCUT2D eigenvalue weighted by atomic mass is 16.5. The molecule has 2 nitrogen and oxygen atoms in total. The number of aromatic amines is 1. The Labute approximate surface area is 60.2 Å². The van der Waals surface area contributed by atoms with E-state index in [0.29, 0.717) is 0 Å². The lowest BCUT2D eigenvalue weighted by atomic mass is 10.2. The summed E-state index contributed by atoms with van der Waals surface area (Å²) < 4.78 is 5.30. The normalized spacial score (nSPS) is 15.8. The SMILES string of the molecule is Cc1[nH]c(C)c2c1COC2. The Hall–Kier alpha value is -0.760. The van der Waals surface area contributed by atoms with Crippen LogP contribution in [0.4, 0.5) is 0 Å². The van der Waals surface area contributed by atoms with Crippen LogP contribution in [0.15, 0.2) is 0 Å². The average Bonchev–Trinajstić information content (AvgIpc) is 2.39. The molecule has 1 aromatic heterocycles. The number of H-pyrrole nitrogens is 1. The van der Waals surface area contributed by atoms with Crippen molar-refractivity contribution in [2.45, 2.75) is 27.1 Å².